The summed E-state index contributed by atoms with van der Waals surface area (Å²) in [6, 6.07) is 10.5. The first-order valence-corrected chi connectivity index (χ1v) is 10.2. The van der Waals surface area contributed by atoms with E-state index in [1.54, 1.807) is 0 Å². The van der Waals surface area contributed by atoms with Gasteiger partial charge < -0.3 is 0 Å². The monoisotopic (exact) mass is 282 g/mol. The standard InChI is InChI=1S/C17H22N2Si/c1-4-5-10-16(15-9-8-12-18-14-15)20(2,3)17-11-6-7-13-19-17/h4,6-9,11-14,16H,1,5,10H2,2-3H3. The fourth-order valence-corrected chi connectivity index (χ4v) is 5.92. The van der Waals surface area contributed by atoms with Crippen molar-refractivity contribution in [2.45, 2.75) is 31.5 Å². The first-order valence-electron chi connectivity index (χ1n) is 7.08. The average molecular weight is 282 g/mol. The van der Waals surface area contributed by atoms with E-state index >= 15 is 0 Å². The Labute approximate surface area is 122 Å². The Bertz CT molecular complexity index is 537. The van der Waals surface area contributed by atoms with Gasteiger partial charge in [-0.15, -0.1) is 6.58 Å². The summed E-state index contributed by atoms with van der Waals surface area (Å²) in [6.45, 7) is 8.66. The third kappa shape index (κ3) is 3.22. The molecular formula is C17H22N2Si. The van der Waals surface area contributed by atoms with Gasteiger partial charge in [-0.25, -0.2) is 0 Å². The summed E-state index contributed by atoms with van der Waals surface area (Å²) in [4.78, 5) is 8.92. The van der Waals surface area contributed by atoms with Crippen molar-refractivity contribution in [3.8, 4) is 0 Å². The summed E-state index contributed by atoms with van der Waals surface area (Å²) in [7, 11) is -1.69. The van der Waals surface area contributed by atoms with Gasteiger partial charge >= 0.3 is 0 Å². The molecule has 0 fully saturated rings. The maximum atomic E-state index is 4.62. The molecule has 0 radical (unpaired) electrons. The van der Waals surface area contributed by atoms with Crippen molar-refractivity contribution in [2.24, 2.45) is 0 Å². The van der Waals surface area contributed by atoms with E-state index in [1.807, 2.05) is 36.8 Å². The number of aromatic nitrogens is 2. The van der Waals surface area contributed by atoms with Crippen LogP contribution in [0.4, 0.5) is 0 Å². The van der Waals surface area contributed by atoms with Crippen LogP contribution in [-0.4, -0.2) is 18.0 Å². The lowest BCUT2D eigenvalue weighted by molar-refractivity contribution is 0.783. The van der Waals surface area contributed by atoms with Crippen LogP contribution in [0.1, 0.15) is 23.9 Å². The van der Waals surface area contributed by atoms with Gasteiger partial charge in [0.2, 0.25) is 0 Å². The summed E-state index contributed by atoms with van der Waals surface area (Å²) < 4.78 is 0. The molecule has 2 aromatic heterocycles. The maximum absolute atomic E-state index is 4.62. The summed E-state index contributed by atoms with van der Waals surface area (Å²) in [6.07, 6.45) is 9.90. The van der Waals surface area contributed by atoms with E-state index in [2.05, 4.69) is 47.8 Å². The van der Waals surface area contributed by atoms with Gasteiger partial charge in [-0.2, -0.15) is 0 Å². The molecular weight excluding hydrogens is 260 g/mol. The molecule has 0 aliphatic rings. The van der Waals surface area contributed by atoms with E-state index in [-0.39, 0.29) is 0 Å². The minimum Gasteiger partial charge on any atom is -0.266 e. The van der Waals surface area contributed by atoms with Crippen molar-refractivity contribution >= 4 is 13.4 Å². The molecule has 0 aliphatic heterocycles. The van der Waals surface area contributed by atoms with Crippen molar-refractivity contribution in [2.75, 3.05) is 0 Å². The van der Waals surface area contributed by atoms with E-state index < -0.39 is 8.07 Å². The minimum absolute atomic E-state index is 0.518. The molecule has 0 aromatic carbocycles. The third-order valence-corrected chi connectivity index (χ3v) is 7.92. The number of hydrogen-bond donors (Lipinski definition) is 0. The summed E-state index contributed by atoms with van der Waals surface area (Å²) in [5, 5.41) is 1.26. The minimum atomic E-state index is -1.69. The molecule has 0 aliphatic carbocycles. The molecule has 20 heavy (non-hydrogen) atoms. The van der Waals surface area contributed by atoms with Crippen LogP contribution in [0.25, 0.3) is 0 Å². The van der Waals surface area contributed by atoms with Crippen LogP contribution < -0.4 is 5.32 Å². The fourth-order valence-electron chi connectivity index (χ4n) is 2.73. The highest BCUT2D eigenvalue weighted by Gasteiger charge is 2.35. The molecule has 2 heterocycles. The lowest BCUT2D eigenvalue weighted by atomic mass is 10.1. The quantitative estimate of drug-likeness (QED) is 0.596. The Morgan fingerprint density at radius 3 is 2.65 bits per heavy atom. The van der Waals surface area contributed by atoms with Gasteiger partial charge in [0.25, 0.3) is 0 Å². The van der Waals surface area contributed by atoms with Crippen LogP contribution in [0.3, 0.4) is 0 Å². The molecule has 0 spiro atoms. The molecule has 1 atom stereocenters. The smallest absolute Gasteiger partial charge is 0.112 e. The molecule has 0 N–H and O–H groups in total. The molecule has 1 unspecified atom stereocenters. The van der Waals surface area contributed by atoms with Gasteiger partial charge in [0, 0.05) is 23.9 Å². The molecule has 104 valence electrons. The second kappa shape index (κ2) is 6.62. The average Bonchev–Trinajstić information content (AvgIpc) is 2.49. The zero-order chi connectivity index (χ0) is 14.4. The Kier molecular flexibility index (Phi) is 4.85. The van der Waals surface area contributed by atoms with E-state index in [1.165, 1.54) is 10.9 Å². The summed E-state index contributed by atoms with van der Waals surface area (Å²) >= 11 is 0. The molecule has 2 aromatic rings. The number of pyridine rings is 2. The second-order valence-corrected chi connectivity index (χ2v) is 10.3. The van der Waals surface area contributed by atoms with Gasteiger partial charge in [-0.3, -0.25) is 9.97 Å². The molecule has 3 heteroatoms. The van der Waals surface area contributed by atoms with Gasteiger partial charge in [0.1, 0.15) is 8.07 Å². The number of allylic oxidation sites excluding steroid dienone is 1. The number of nitrogens with zero attached hydrogens (tertiary/aromatic N) is 2. The lowest BCUT2D eigenvalue weighted by Crippen LogP contribution is -2.49. The molecule has 2 rings (SSSR count). The highest BCUT2D eigenvalue weighted by atomic mass is 28.3. The molecule has 0 saturated heterocycles. The first-order chi connectivity index (χ1) is 9.66. The second-order valence-electron chi connectivity index (χ2n) is 5.64. The van der Waals surface area contributed by atoms with Crippen LogP contribution in [-0.2, 0) is 0 Å². The van der Waals surface area contributed by atoms with Crippen molar-refractivity contribution in [1.29, 1.82) is 0 Å². The Morgan fingerprint density at radius 2 is 2.05 bits per heavy atom. The van der Waals surface area contributed by atoms with Gasteiger partial charge in [-0.05, 0) is 42.1 Å². The van der Waals surface area contributed by atoms with E-state index in [0.29, 0.717) is 5.54 Å². The third-order valence-electron chi connectivity index (χ3n) is 3.94. The van der Waals surface area contributed by atoms with E-state index in [0.717, 1.165) is 12.8 Å². The normalized spacial score (nSPS) is 12.9. The molecule has 2 nitrogen and oxygen atoms in total. The maximum Gasteiger partial charge on any atom is 0.112 e. The largest absolute Gasteiger partial charge is 0.266 e. The van der Waals surface area contributed by atoms with Crippen LogP contribution in [0.5, 0.6) is 0 Å². The summed E-state index contributed by atoms with van der Waals surface area (Å²) in [5.41, 5.74) is 1.85. The van der Waals surface area contributed by atoms with Gasteiger partial charge in [0.15, 0.2) is 0 Å². The van der Waals surface area contributed by atoms with Crippen molar-refractivity contribution < 1.29 is 0 Å². The zero-order valence-electron chi connectivity index (χ0n) is 12.3. The van der Waals surface area contributed by atoms with Crippen LogP contribution in [0.15, 0.2) is 61.6 Å². The predicted molar refractivity (Wildman–Crippen MR) is 87.8 cm³/mol. The Hall–Kier alpha value is -1.74. The Morgan fingerprint density at radius 1 is 1.20 bits per heavy atom. The SMILES string of the molecule is C=CCCC(c1cccnc1)[Si](C)(C)c1ccccn1. The lowest BCUT2D eigenvalue weighted by Gasteiger charge is -2.32. The zero-order valence-corrected chi connectivity index (χ0v) is 13.3. The van der Waals surface area contributed by atoms with Crippen molar-refractivity contribution in [3.63, 3.8) is 0 Å². The van der Waals surface area contributed by atoms with E-state index in [4.69, 9.17) is 0 Å². The van der Waals surface area contributed by atoms with Crippen molar-refractivity contribution in [3.05, 3.63) is 67.1 Å². The van der Waals surface area contributed by atoms with Crippen molar-refractivity contribution in [1.82, 2.24) is 9.97 Å². The number of rotatable bonds is 6. The van der Waals surface area contributed by atoms with Crippen LogP contribution in [0, 0.1) is 0 Å². The topological polar surface area (TPSA) is 25.8 Å². The highest BCUT2D eigenvalue weighted by Crippen LogP contribution is 2.30. The van der Waals surface area contributed by atoms with Gasteiger partial charge in [-0.1, -0.05) is 31.3 Å². The fraction of sp³-hybridized carbons (Fsp3) is 0.294. The predicted octanol–water partition coefficient (Wildman–Crippen LogP) is 3.68. The van der Waals surface area contributed by atoms with Gasteiger partial charge in [0.05, 0.1) is 0 Å². The summed E-state index contributed by atoms with van der Waals surface area (Å²) in [5.74, 6) is 0. The first kappa shape index (κ1) is 14.7. The molecule has 0 amide bonds. The molecule has 0 bridgehead atoms. The number of hydrogen-bond acceptors (Lipinski definition) is 2. The van der Waals surface area contributed by atoms with E-state index in [9.17, 15) is 0 Å². The van der Waals surface area contributed by atoms with Crippen LogP contribution in [0.2, 0.25) is 13.1 Å². The Balaban J connectivity index is 2.37. The highest BCUT2D eigenvalue weighted by molar-refractivity contribution is 6.90. The van der Waals surface area contributed by atoms with Crippen LogP contribution >= 0.6 is 0 Å². The molecule has 0 saturated carbocycles.